The monoisotopic (exact) mass is 387 g/mol. The van der Waals surface area contributed by atoms with Gasteiger partial charge in [-0.25, -0.2) is 4.79 Å². The maximum atomic E-state index is 13.0. The van der Waals surface area contributed by atoms with Gasteiger partial charge in [-0.05, 0) is 42.5 Å². The van der Waals surface area contributed by atoms with Crippen LogP contribution in [-0.2, 0) is 15.7 Å². The smallest absolute Gasteiger partial charge is 0.418 e. The van der Waals surface area contributed by atoms with E-state index >= 15 is 0 Å². The molecule has 0 saturated heterocycles. The number of rotatable bonds is 5. The molecule has 0 unspecified atom stereocenters. The minimum absolute atomic E-state index is 0.0998. The van der Waals surface area contributed by atoms with Crippen LogP contribution < -0.4 is 10.1 Å². The van der Waals surface area contributed by atoms with Crippen molar-refractivity contribution in [2.24, 2.45) is 0 Å². The molecule has 0 bridgehead atoms. The zero-order valence-electron chi connectivity index (χ0n) is 13.4. The number of ether oxygens (including phenoxy) is 2. The normalized spacial score (nSPS) is 11.0. The molecule has 2 aromatic rings. The SMILES string of the molecule is COC(=O)c1ccc(OCC(=O)Nc2ccc(Cl)cc2C(F)(F)F)cc1. The van der Waals surface area contributed by atoms with Gasteiger partial charge in [-0.1, -0.05) is 11.6 Å². The number of carbonyl (C=O) groups is 2. The fourth-order valence-corrected chi connectivity index (χ4v) is 2.17. The first-order valence-corrected chi connectivity index (χ1v) is 7.56. The molecule has 0 saturated carbocycles. The zero-order valence-corrected chi connectivity index (χ0v) is 14.1. The summed E-state index contributed by atoms with van der Waals surface area (Å²) in [6.45, 7) is -0.516. The predicted octanol–water partition coefficient (Wildman–Crippen LogP) is 4.16. The molecule has 2 rings (SSSR count). The van der Waals surface area contributed by atoms with Gasteiger partial charge < -0.3 is 14.8 Å². The molecule has 0 radical (unpaired) electrons. The number of amides is 1. The van der Waals surface area contributed by atoms with Crippen LogP contribution in [0.4, 0.5) is 18.9 Å². The lowest BCUT2D eigenvalue weighted by molar-refractivity contribution is -0.137. The Balaban J connectivity index is 2.00. The molecule has 0 heterocycles. The third-order valence-electron chi connectivity index (χ3n) is 3.21. The maximum absolute atomic E-state index is 13.0. The van der Waals surface area contributed by atoms with Crippen LogP contribution in [0, 0.1) is 0 Å². The van der Waals surface area contributed by atoms with E-state index in [1.54, 1.807) is 0 Å². The Hall–Kier alpha value is -2.74. The summed E-state index contributed by atoms with van der Waals surface area (Å²) in [6.07, 6.45) is -4.67. The third kappa shape index (κ3) is 5.13. The number of hydrogen-bond donors (Lipinski definition) is 1. The van der Waals surface area contributed by atoms with E-state index < -0.39 is 35.9 Å². The van der Waals surface area contributed by atoms with Gasteiger partial charge in [0.05, 0.1) is 23.9 Å². The molecule has 0 spiro atoms. The number of benzene rings is 2. The number of carbonyl (C=O) groups excluding carboxylic acids is 2. The lowest BCUT2D eigenvalue weighted by atomic mass is 10.1. The molecule has 0 fully saturated rings. The van der Waals surface area contributed by atoms with Crippen molar-refractivity contribution in [1.82, 2.24) is 0 Å². The minimum atomic E-state index is -4.67. The van der Waals surface area contributed by atoms with Gasteiger partial charge in [0.1, 0.15) is 5.75 Å². The van der Waals surface area contributed by atoms with Crippen LogP contribution in [0.15, 0.2) is 42.5 Å². The Morgan fingerprint density at radius 3 is 2.35 bits per heavy atom. The topological polar surface area (TPSA) is 64.6 Å². The Morgan fingerprint density at radius 2 is 1.77 bits per heavy atom. The van der Waals surface area contributed by atoms with Crippen molar-refractivity contribution in [2.75, 3.05) is 19.0 Å². The highest BCUT2D eigenvalue weighted by Crippen LogP contribution is 2.36. The number of esters is 1. The van der Waals surface area contributed by atoms with Crippen LogP contribution in [0.2, 0.25) is 5.02 Å². The van der Waals surface area contributed by atoms with E-state index in [1.165, 1.54) is 37.4 Å². The molecular weight excluding hydrogens is 375 g/mol. The van der Waals surface area contributed by atoms with E-state index in [0.29, 0.717) is 5.56 Å². The van der Waals surface area contributed by atoms with E-state index in [1.807, 2.05) is 0 Å². The highest BCUT2D eigenvalue weighted by Gasteiger charge is 2.34. The Morgan fingerprint density at radius 1 is 1.12 bits per heavy atom. The summed E-state index contributed by atoms with van der Waals surface area (Å²) in [4.78, 5) is 23.2. The van der Waals surface area contributed by atoms with E-state index in [0.717, 1.165) is 12.1 Å². The quantitative estimate of drug-likeness (QED) is 0.782. The molecule has 26 heavy (non-hydrogen) atoms. The van der Waals surface area contributed by atoms with Gasteiger partial charge in [-0.15, -0.1) is 0 Å². The summed E-state index contributed by atoms with van der Waals surface area (Å²) < 4.78 is 48.7. The number of hydrogen-bond acceptors (Lipinski definition) is 4. The fourth-order valence-electron chi connectivity index (χ4n) is 2.00. The molecule has 1 N–H and O–H groups in total. The number of nitrogens with one attached hydrogen (secondary N) is 1. The summed E-state index contributed by atoms with van der Waals surface area (Å²) in [5.41, 5.74) is -1.18. The van der Waals surface area contributed by atoms with Crippen molar-refractivity contribution in [3.8, 4) is 5.75 Å². The van der Waals surface area contributed by atoms with Crippen molar-refractivity contribution < 1.29 is 32.2 Å². The first-order chi connectivity index (χ1) is 12.2. The molecule has 138 valence electrons. The third-order valence-corrected chi connectivity index (χ3v) is 3.44. The highest BCUT2D eigenvalue weighted by molar-refractivity contribution is 6.30. The summed E-state index contributed by atoms with van der Waals surface area (Å²) in [7, 11) is 1.24. The highest BCUT2D eigenvalue weighted by atomic mass is 35.5. The fraction of sp³-hybridized carbons (Fsp3) is 0.176. The van der Waals surface area contributed by atoms with Crippen LogP contribution in [0.25, 0.3) is 0 Å². The molecule has 0 atom stereocenters. The van der Waals surface area contributed by atoms with Gasteiger partial charge in [-0.3, -0.25) is 4.79 Å². The maximum Gasteiger partial charge on any atom is 0.418 e. The van der Waals surface area contributed by atoms with Crippen molar-refractivity contribution in [2.45, 2.75) is 6.18 Å². The summed E-state index contributed by atoms with van der Waals surface area (Å²) in [6, 6.07) is 8.75. The first-order valence-electron chi connectivity index (χ1n) is 7.18. The second kappa shape index (κ2) is 8.09. The van der Waals surface area contributed by atoms with Gasteiger partial charge in [0.2, 0.25) is 0 Å². The van der Waals surface area contributed by atoms with Crippen molar-refractivity contribution >= 4 is 29.2 Å². The summed E-state index contributed by atoms with van der Waals surface area (Å²) >= 11 is 5.58. The number of anilines is 1. The van der Waals surface area contributed by atoms with Gasteiger partial charge in [0, 0.05) is 5.02 Å². The van der Waals surface area contributed by atoms with E-state index in [4.69, 9.17) is 16.3 Å². The second-order valence-corrected chi connectivity index (χ2v) is 5.48. The van der Waals surface area contributed by atoms with Gasteiger partial charge in [0.25, 0.3) is 5.91 Å². The molecule has 2 aromatic carbocycles. The number of methoxy groups -OCH3 is 1. The van der Waals surface area contributed by atoms with E-state index in [2.05, 4.69) is 10.1 Å². The summed E-state index contributed by atoms with van der Waals surface area (Å²) in [5.74, 6) is -1.05. The van der Waals surface area contributed by atoms with Gasteiger partial charge in [0.15, 0.2) is 6.61 Å². The molecule has 0 aliphatic rings. The van der Waals surface area contributed by atoms with Crippen molar-refractivity contribution in [1.29, 1.82) is 0 Å². The average Bonchev–Trinajstić information content (AvgIpc) is 2.60. The van der Waals surface area contributed by atoms with Crippen LogP contribution in [0.5, 0.6) is 5.75 Å². The Kier molecular flexibility index (Phi) is 6.10. The average molecular weight is 388 g/mol. The molecule has 0 aliphatic heterocycles. The first kappa shape index (κ1) is 19.6. The van der Waals surface area contributed by atoms with Crippen molar-refractivity contribution in [3.05, 3.63) is 58.6 Å². The largest absolute Gasteiger partial charge is 0.484 e. The molecule has 1 amide bonds. The standard InChI is InChI=1S/C17H13ClF3NO4/c1-25-16(24)10-2-5-12(6-3-10)26-9-15(23)22-14-7-4-11(18)8-13(14)17(19,20)21/h2-8H,9H2,1H3,(H,22,23). The Bertz CT molecular complexity index is 807. The second-order valence-electron chi connectivity index (χ2n) is 5.04. The molecule has 0 aromatic heterocycles. The molecule has 9 heteroatoms. The lowest BCUT2D eigenvalue weighted by Gasteiger charge is -2.14. The lowest BCUT2D eigenvalue weighted by Crippen LogP contribution is -2.22. The van der Waals surface area contributed by atoms with E-state index in [-0.39, 0.29) is 10.8 Å². The van der Waals surface area contributed by atoms with Crippen molar-refractivity contribution in [3.63, 3.8) is 0 Å². The van der Waals surface area contributed by atoms with Gasteiger partial charge in [-0.2, -0.15) is 13.2 Å². The van der Waals surface area contributed by atoms with Gasteiger partial charge >= 0.3 is 12.1 Å². The van der Waals surface area contributed by atoms with Crippen LogP contribution in [-0.4, -0.2) is 25.6 Å². The summed E-state index contributed by atoms with van der Waals surface area (Å²) in [5, 5.41) is 2.04. The predicted molar refractivity (Wildman–Crippen MR) is 88.4 cm³/mol. The molecule has 5 nitrogen and oxygen atoms in total. The van der Waals surface area contributed by atoms with Crippen LogP contribution in [0.3, 0.4) is 0 Å². The zero-order chi connectivity index (χ0) is 19.3. The van der Waals surface area contributed by atoms with Crippen LogP contribution in [0.1, 0.15) is 15.9 Å². The number of halogens is 4. The Labute approximate surface area is 151 Å². The molecular formula is C17H13ClF3NO4. The van der Waals surface area contributed by atoms with E-state index in [9.17, 15) is 22.8 Å². The minimum Gasteiger partial charge on any atom is -0.484 e. The van der Waals surface area contributed by atoms with Crippen LogP contribution >= 0.6 is 11.6 Å². The molecule has 0 aliphatic carbocycles. The number of alkyl halides is 3.